The number of hydrogen-bond donors (Lipinski definition) is 0. The highest BCUT2D eigenvalue weighted by Gasteiger charge is 2.62. The lowest BCUT2D eigenvalue weighted by molar-refractivity contribution is -0.195. The first-order chi connectivity index (χ1) is 10.7. The monoisotopic (exact) mass is 382 g/mol. The Hall–Kier alpha value is -1.69. The molecule has 2 atom stereocenters. The highest BCUT2D eigenvalue weighted by molar-refractivity contribution is 9.10. The summed E-state index contributed by atoms with van der Waals surface area (Å²) in [6, 6.07) is 7.18. The molecule has 5 nitrogen and oxygen atoms in total. The SMILES string of the molecule is CCOC(=O)C1(C)C(=O)OC(c2ccc(Br)cc2)C(C)(C)C1=O. The van der Waals surface area contributed by atoms with Gasteiger partial charge in [0, 0.05) is 4.47 Å². The van der Waals surface area contributed by atoms with E-state index in [4.69, 9.17) is 9.47 Å². The summed E-state index contributed by atoms with van der Waals surface area (Å²) in [7, 11) is 0. The van der Waals surface area contributed by atoms with Crippen LogP contribution in [0.25, 0.3) is 0 Å². The van der Waals surface area contributed by atoms with E-state index in [2.05, 4.69) is 15.9 Å². The summed E-state index contributed by atoms with van der Waals surface area (Å²) >= 11 is 3.34. The summed E-state index contributed by atoms with van der Waals surface area (Å²) in [5.41, 5.74) is -2.28. The van der Waals surface area contributed by atoms with Gasteiger partial charge in [-0.2, -0.15) is 0 Å². The van der Waals surface area contributed by atoms with Gasteiger partial charge in [0.1, 0.15) is 6.10 Å². The number of ether oxygens (including phenoxy) is 2. The minimum absolute atomic E-state index is 0.0888. The van der Waals surface area contributed by atoms with Gasteiger partial charge in [0.05, 0.1) is 12.0 Å². The van der Waals surface area contributed by atoms with Crippen LogP contribution >= 0.6 is 15.9 Å². The van der Waals surface area contributed by atoms with Crippen molar-refractivity contribution in [3.63, 3.8) is 0 Å². The maximum atomic E-state index is 12.9. The molecular formula is C17H19BrO5. The Kier molecular flexibility index (Phi) is 4.66. The summed E-state index contributed by atoms with van der Waals surface area (Å²) in [6.45, 7) is 6.33. The van der Waals surface area contributed by atoms with Crippen LogP contribution in [-0.4, -0.2) is 24.3 Å². The predicted molar refractivity (Wildman–Crippen MR) is 86.5 cm³/mol. The van der Waals surface area contributed by atoms with Crippen LogP contribution in [0.4, 0.5) is 0 Å². The zero-order chi connectivity index (χ0) is 17.4. The number of Topliss-reactive ketones (excluding diaryl/α,β-unsaturated/α-hetero) is 1. The van der Waals surface area contributed by atoms with Gasteiger partial charge in [0.25, 0.3) is 0 Å². The van der Waals surface area contributed by atoms with Gasteiger partial charge in [-0.15, -0.1) is 0 Å². The van der Waals surface area contributed by atoms with Crippen LogP contribution < -0.4 is 0 Å². The molecule has 0 bridgehead atoms. The number of rotatable bonds is 3. The fourth-order valence-electron chi connectivity index (χ4n) is 2.80. The molecule has 124 valence electrons. The highest BCUT2D eigenvalue weighted by atomic mass is 79.9. The van der Waals surface area contributed by atoms with E-state index in [1.54, 1.807) is 32.9 Å². The van der Waals surface area contributed by atoms with Crippen LogP contribution in [0, 0.1) is 10.8 Å². The third kappa shape index (κ3) is 2.80. The van der Waals surface area contributed by atoms with Gasteiger partial charge in [0.15, 0.2) is 5.78 Å². The second-order valence-corrected chi connectivity index (χ2v) is 7.15. The Balaban J connectivity index is 2.44. The maximum Gasteiger partial charge on any atom is 0.331 e. The van der Waals surface area contributed by atoms with Crippen molar-refractivity contribution in [2.24, 2.45) is 10.8 Å². The summed E-state index contributed by atoms with van der Waals surface area (Å²) in [4.78, 5) is 37.5. The minimum atomic E-state index is -1.93. The zero-order valence-electron chi connectivity index (χ0n) is 13.5. The fraction of sp³-hybridized carbons (Fsp3) is 0.471. The van der Waals surface area contributed by atoms with Gasteiger partial charge in [-0.1, -0.05) is 28.1 Å². The average Bonchev–Trinajstić information content (AvgIpc) is 2.50. The molecule has 2 unspecified atom stereocenters. The van der Waals surface area contributed by atoms with Crippen molar-refractivity contribution < 1.29 is 23.9 Å². The molecule has 0 spiro atoms. The number of hydrogen-bond acceptors (Lipinski definition) is 5. The van der Waals surface area contributed by atoms with Crippen LogP contribution in [0.15, 0.2) is 28.7 Å². The smallest absolute Gasteiger partial charge is 0.331 e. The lowest BCUT2D eigenvalue weighted by Crippen LogP contribution is -2.57. The first-order valence-corrected chi connectivity index (χ1v) is 8.13. The van der Waals surface area contributed by atoms with Crippen molar-refractivity contribution in [2.45, 2.75) is 33.8 Å². The van der Waals surface area contributed by atoms with Crippen LogP contribution in [0.2, 0.25) is 0 Å². The van der Waals surface area contributed by atoms with E-state index in [1.165, 1.54) is 6.92 Å². The van der Waals surface area contributed by atoms with E-state index in [0.717, 1.165) is 4.47 Å². The van der Waals surface area contributed by atoms with Gasteiger partial charge in [-0.3, -0.25) is 14.4 Å². The van der Waals surface area contributed by atoms with Crippen molar-refractivity contribution >= 4 is 33.7 Å². The lowest BCUT2D eigenvalue weighted by atomic mass is 9.66. The third-order valence-corrected chi connectivity index (χ3v) is 4.71. The number of benzene rings is 1. The number of ketones is 1. The molecule has 2 rings (SSSR count). The standard InChI is InChI=1S/C17H19BrO5/c1-5-22-14(20)17(4)13(19)16(2,3)12(23-15(17)21)10-6-8-11(18)9-7-10/h6-9,12H,5H2,1-4H3. The summed E-state index contributed by atoms with van der Waals surface area (Å²) in [6.07, 6.45) is -0.752. The van der Waals surface area contributed by atoms with Crippen molar-refractivity contribution in [3.05, 3.63) is 34.3 Å². The first kappa shape index (κ1) is 17.7. The quantitative estimate of drug-likeness (QED) is 0.592. The fourth-order valence-corrected chi connectivity index (χ4v) is 3.07. The molecule has 0 saturated carbocycles. The molecule has 1 aliphatic rings. The van der Waals surface area contributed by atoms with E-state index in [-0.39, 0.29) is 6.61 Å². The molecule has 23 heavy (non-hydrogen) atoms. The number of esters is 2. The minimum Gasteiger partial charge on any atom is -0.465 e. The lowest BCUT2D eigenvalue weighted by Gasteiger charge is -2.43. The van der Waals surface area contributed by atoms with Crippen LogP contribution in [-0.2, 0) is 23.9 Å². The Morgan fingerprint density at radius 2 is 1.78 bits per heavy atom. The third-order valence-electron chi connectivity index (χ3n) is 4.18. The van der Waals surface area contributed by atoms with Crippen LogP contribution in [0.3, 0.4) is 0 Å². The van der Waals surface area contributed by atoms with Crippen molar-refractivity contribution in [1.82, 2.24) is 0 Å². The molecule has 0 aromatic heterocycles. The van der Waals surface area contributed by atoms with Crippen molar-refractivity contribution in [1.29, 1.82) is 0 Å². The van der Waals surface area contributed by atoms with E-state index in [0.29, 0.717) is 5.56 Å². The zero-order valence-corrected chi connectivity index (χ0v) is 15.1. The first-order valence-electron chi connectivity index (χ1n) is 7.34. The maximum absolute atomic E-state index is 12.9. The molecule has 1 fully saturated rings. The molecule has 1 aromatic carbocycles. The Labute approximate surface area is 143 Å². The van der Waals surface area contributed by atoms with Gasteiger partial charge in [-0.05, 0) is 45.4 Å². The predicted octanol–water partition coefficient (Wildman–Crippen LogP) is 3.21. The van der Waals surface area contributed by atoms with Crippen LogP contribution in [0.5, 0.6) is 0 Å². The molecule has 0 amide bonds. The number of carbonyl (C=O) groups is 3. The van der Waals surface area contributed by atoms with Gasteiger partial charge in [-0.25, -0.2) is 0 Å². The summed E-state index contributed by atoms with van der Waals surface area (Å²) in [5.74, 6) is -2.22. The second kappa shape index (κ2) is 6.07. The number of cyclic esters (lactones) is 1. The average molecular weight is 383 g/mol. The second-order valence-electron chi connectivity index (χ2n) is 6.23. The van der Waals surface area contributed by atoms with E-state index < -0.39 is 34.7 Å². The molecule has 1 aliphatic heterocycles. The topological polar surface area (TPSA) is 69.7 Å². The molecular weight excluding hydrogens is 364 g/mol. The Morgan fingerprint density at radius 3 is 2.30 bits per heavy atom. The number of halogens is 1. The van der Waals surface area contributed by atoms with E-state index in [9.17, 15) is 14.4 Å². The normalized spacial score (nSPS) is 26.6. The van der Waals surface area contributed by atoms with Crippen molar-refractivity contribution in [2.75, 3.05) is 6.61 Å². The Morgan fingerprint density at radius 1 is 1.22 bits per heavy atom. The summed E-state index contributed by atoms with van der Waals surface area (Å²) in [5, 5.41) is 0. The molecule has 1 saturated heterocycles. The molecule has 1 heterocycles. The van der Waals surface area contributed by atoms with Crippen LogP contribution in [0.1, 0.15) is 39.4 Å². The Bertz CT molecular complexity index is 649. The van der Waals surface area contributed by atoms with Crippen molar-refractivity contribution in [3.8, 4) is 0 Å². The molecule has 1 aromatic rings. The van der Waals surface area contributed by atoms with E-state index in [1.807, 2.05) is 12.1 Å². The van der Waals surface area contributed by atoms with Gasteiger partial charge >= 0.3 is 11.9 Å². The molecule has 6 heteroatoms. The van der Waals surface area contributed by atoms with Gasteiger partial charge < -0.3 is 9.47 Å². The highest BCUT2D eigenvalue weighted by Crippen LogP contribution is 2.48. The van der Waals surface area contributed by atoms with Gasteiger partial charge in [0.2, 0.25) is 5.41 Å². The molecule has 0 aliphatic carbocycles. The number of carbonyl (C=O) groups excluding carboxylic acids is 3. The summed E-state index contributed by atoms with van der Waals surface area (Å²) < 4.78 is 11.3. The molecule has 0 radical (unpaired) electrons. The molecule has 0 N–H and O–H groups in total. The largest absolute Gasteiger partial charge is 0.465 e. The van der Waals surface area contributed by atoms with E-state index >= 15 is 0 Å².